The van der Waals surface area contributed by atoms with Crippen LogP contribution in [0.3, 0.4) is 0 Å². The summed E-state index contributed by atoms with van der Waals surface area (Å²) in [5.74, 6) is 0. The van der Waals surface area contributed by atoms with Crippen molar-refractivity contribution in [2.75, 3.05) is 0 Å². The van der Waals surface area contributed by atoms with Crippen molar-refractivity contribution >= 4 is 13.5 Å². The summed E-state index contributed by atoms with van der Waals surface area (Å²) >= 11 is 0. The summed E-state index contributed by atoms with van der Waals surface area (Å²) in [4.78, 5) is 10.1. The summed E-state index contributed by atoms with van der Waals surface area (Å²) in [5, 5.41) is 2.22. The van der Waals surface area contributed by atoms with Crippen LogP contribution in [-0.2, 0) is 0 Å². The number of hydrogen-bond donors (Lipinski definition) is 1. The first-order valence-corrected chi connectivity index (χ1v) is 6.07. The van der Waals surface area contributed by atoms with Crippen LogP contribution < -0.4 is 5.30 Å². The standard InChI is InChI=1S/C12H13OP/c13-14(11-7-3-1-4-8-11)12-9-5-2-6-10-12/h1-5,7-9,13H,6,10H2. The van der Waals surface area contributed by atoms with E-state index < -0.39 is 8.15 Å². The third-order valence-corrected chi connectivity index (χ3v) is 3.97. The molecule has 1 unspecified atom stereocenters. The van der Waals surface area contributed by atoms with E-state index in [4.69, 9.17) is 0 Å². The van der Waals surface area contributed by atoms with Crippen LogP contribution in [0.5, 0.6) is 0 Å². The third-order valence-electron chi connectivity index (χ3n) is 2.26. The van der Waals surface area contributed by atoms with E-state index in [-0.39, 0.29) is 0 Å². The summed E-state index contributed by atoms with van der Waals surface area (Å²) in [6.07, 6.45) is 8.26. The maximum absolute atomic E-state index is 10.1. The van der Waals surface area contributed by atoms with Gasteiger partial charge in [0.1, 0.15) is 0 Å². The maximum Gasteiger partial charge on any atom is 0.0836 e. The van der Waals surface area contributed by atoms with Crippen molar-refractivity contribution in [3.05, 3.63) is 53.9 Å². The van der Waals surface area contributed by atoms with Gasteiger partial charge in [0.05, 0.1) is 8.15 Å². The highest BCUT2D eigenvalue weighted by Crippen LogP contribution is 2.42. The highest BCUT2D eigenvalue weighted by molar-refractivity contribution is 7.64. The Balaban J connectivity index is 2.19. The largest absolute Gasteiger partial charge is 0.365 e. The van der Waals surface area contributed by atoms with Crippen LogP contribution in [0.1, 0.15) is 12.8 Å². The Morgan fingerprint density at radius 1 is 1.14 bits per heavy atom. The molecule has 72 valence electrons. The summed E-state index contributed by atoms with van der Waals surface area (Å²) in [6.45, 7) is 0. The fourth-order valence-corrected chi connectivity index (χ4v) is 2.86. The van der Waals surface area contributed by atoms with Gasteiger partial charge < -0.3 is 4.89 Å². The van der Waals surface area contributed by atoms with Gasteiger partial charge in [0.2, 0.25) is 0 Å². The van der Waals surface area contributed by atoms with Gasteiger partial charge >= 0.3 is 0 Å². The molecule has 0 aromatic heterocycles. The third kappa shape index (κ3) is 2.12. The SMILES string of the molecule is OP(C1=CC=CCC1)c1ccccc1. The molecule has 1 aromatic rings. The molecule has 0 spiro atoms. The van der Waals surface area contributed by atoms with Gasteiger partial charge in [-0.25, -0.2) is 0 Å². The lowest BCUT2D eigenvalue weighted by Gasteiger charge is -2.15. The quantitative estimate of drug-likeness (QED) is 0.734. The second kappa shape index (κ2) is 4.54. The summed E-state index contributed by atoms with van der Waals surface area (Å²) in [5.41, 5.74) is 0. The fourth-order valence-electron chi connectivity index (χ4n) is 1.50. The Bertz CT molecular complexity index is 354. The molecule has 0 saturated heterocycles. The highest BCUT2D eigenvalue weighted by atomic mass is 31.1. The average Bonchev–Trinajstić information content (AvgIpc) is 2.30. The number of allylic oxidation sites excluding steroid dienone is 4. The molecule has 0 bridgehead atoms. The first kappa shape index (κ1) is 9.64. The van der Waals surface area contributed by atoms with E-state index in [9.17, 15) is 4.89 Å². The van der Waals surface area contributed by atoms with E-state index in [1.165, 1.54) is 5.31 Å². The molecule has 1 atom stereocenters. The molecule has 0 fully saturated rings. The van der Waals surface area contributed by atoms with Crippen LogP contribution in [0, 0.1) is 0 Å². The smallest absolute Gasteiger partial charge is 0.0836 e. The molecule has 1 aliphatic carbocycles. The zero-order valence-corrected chi connectivity index (χ0v) is 8.82. The van der Waals surface area contributed by atoms with Crippen LogP contribution in [0.4, 0.5) is 0 Å². The molecule has 0 radical (unpaired) electrons. The van der Waals surface area contributed by atoms with Crippen LogP contribution in [0.2, 0.25) is 0 Å². The predicted molar refractivity (Wildman–Crippen MR) is 61.7 cm³/mol. The average molecular weight is 204 g/mol. The zero-order chi connectivity index (χ0) is 9.80. The lowest BCUT2D eigenvalue weighted by Crippen LogP contribution is -2.01. The van der Waals surface area contributed by atoms with Crippen molar-refractivity contribution in [1.82, 2.24) is 0 Å². The maximum atomic E-state index is 10.1. The minimum absolute atomic E-state index is 0.994. The van der Waals surface area contributed by atoms with Gasteiger partial charge in [-0.3, -0.25) is 0 Å². The molecule has 1 N–H and O–H groups in total. The van der Waals surface area contributed by atoms with Gasteiger partial charge in [-0.2, -0.15) is 0 Å². The van der Waals surface area contributed by atoms with E-state index in [0.29, 0.717) is 0 Å². The number of benzene rings is 1. The summed E-state index contributed by atoms with van der Waals surface area (Å²) in [7, 11) is -1.08. The molecule has 0 saturated carbocycles. The van der Waals surface area contributed by atoms with E-state index >= 15 is 0 Å². The highest BCUT2D eigenvalue weighted by Gasteiger charge is 2.13. The van der Waals surface area contributed by atoms with E-state index in [2.05, 4.69) is 6.08 Å². The van der Waals surface area contributed by atoms with E-state index in [1.807, 2.05) is 42.5 Å². The second-order valence-corrected chi connectivity index (χ2v) is 4.99. The van der Waals surface area contributed by atoms with Crippen molar-refractivity contribution in [1.29, 1.82) is 0 Å². The van der Waals surface area contributed by atoms with Crippen LogP contribution in [0.15, 0.2) is 53.9 Å². The van der Waals surface area contributed by atoms with Crippen LogP contribution >= 0.6 is 8.15 Å². The van der Waals surface area contributed by atoms with Gasteiger partial charge in [-0.1, -0.05) is 48.6 Å². The first-order valence-electron chi connectivity index (χ1n) is 4.78. The van der Waals surface area contributed by atoms with Gasteiger partial charge in [-0.05, 0) is 18.2 Å². The minimum Gasteiger partial charge on any atom is -0.365 e. The van der Waals surface area contributed by atoms with Gasteiger partial charge in [0.15, 0.2) is 0 Å². The molecule has 1 nitrogen and oxygen atoms in total. The van der Waals surface area contributed by atoms with E-state index in [1.54, 1.807) is 0 Å². The van der Waals surface area contributed by atoms with E-state index in [0.717, 1.165) is 18.1 Å². The Hall–Kier alpha value is -0.910. The Labute approximate surface area is 85.6 Å². The molecule has 1 aromatic carbocycles. The van der Waals surface area contributed by atoms with Crippen LogP contribution in [0.25, 0.3) is 0 Å². The lowest BCUT2D eigenvalue weighted by molar-refractivity contribution is 0.638. The van der Waals surface area contributed by atoms with Gasteiger partial charge in [-0.15, -0.1) is 0 Å². The zero-order valence-electron chi connectivity index (χ0n) is 7.93. The predicted octanol–water partition coefficient (Wildman–Crippen LogP) is 2.94. The van der Waals surface area contributed by atoms with Crippen molar-refractivity contribution in [3.63, 3.8) is 0 Å². The Morgan fingerprint density at radius 3 is 2.57 bits per heavy atom. The van der Waals surface area contributed by atoms with Crippen molar-refractivity contribution in [3.8, 4) is 0 Å². The molecule has 0 heterocycles. The van der Waals surface area contributed by atoms with Crippen LogP contribution in [-0.4, -0.2) is 4.89 Å². The van der Waals surface area contributed by atoms with Crippen molar-refractivity contribution in [2.45, 2.75) is 12.8 Å². The molecular weight excluding hydrogens is 191 g/mol. The summed E-state index contributed by atoms with van der Waals surface area (Å²) < 4.78 is 0. The molecule has 14 heavy (non-hydrogen) atoms. The second-order valence-electron chi connectivity index (χ2n) is 3.27. The Kier molecular flexibility index (Phi) is 3.13. The molecule has 2 heteroatoms. The normalized spacial score (nSPS) is 17.6. The first-order chi connectivity index (χ1) is 6.88. The number of rotatable bonds is 2. The minimum atomic E-state index is -1.08. The number of hydrogen-bond acceptors (Lipinski definition) is 1. The van der Waals surface area contributed by atoms with Gasteiger partial charge in [0.25, 0.3) is 0 Å². The molecule has 0 aliphatic heterocycles. The summed E-state index contributed by atoms with van der Waals surface area (Å²) in [6, 6.07) is 9.90. The Morgan fingerprint density at radius 2 is 1.93 bits per heavy atom. The topological polar surface area (TPSA) is 20.2 Å². The molecular formula is C12H13OP. The monoisotopic (exact) mass is 204 g/mol. The van der Waals surface area contributed by atoms with Crippen molar-refractivity contribution in [2.24, 2.45) is 0 Å². The molecule has 1 aliphatic rings. The van der Waals surface area contributed by atoms with Crippen molar-refractivity contribution < 1.29 is 4.89 Å². The lowest BCUT2D eigenvalue weighted by atomic mass is 10.2. The van der Waals surface area contributed by atoms with Gasteiger partial charge in [0, 0.05) is 5.30 Å². The molecule has 2 rings (SSSR count). The molecule has 0 amide bonds. The fraction of sp³-hybridized carbons (Fsp3) is 0.167.